The first-order valence-corrected chi connectivity index (χ1v) is 5.30. The van der Waals surface area contributed by atoms with Gasteiger partial charge in [0, 0.05) is 15.0 Å². The molecular weight excluding hydrogens is 272 g/mol. The van der Waals surface area contributed by atoms with Crippen LogP contribution in [0.5, 0.6) is 0 Å². The van der Waals surface area contributed by atoms with Crippen molar-refractivity contribution < 1.29 is 4.92 Å². The zero-order chi connectivity index (χ0) is 12.1. The molecule has 0 radical (unpaired) electrons. The van der Waals surface area contributed by atoms with Crippen LogP contribution < -0.4 is 0 Å². The summed E-state index contributed by atoms with van der Waals surface area (Å²) in [6.07, 6.45) is 0. The van der Waals surface area contributed by atoms with Crippen LogP contribution in [-0.2, 0) is 0 Å². The fourth-order valence-electron chi connectivity index (χ4n) is 1.34. The minimum Gasteiger partial charge on any atom is -0.265 e. The number of nitrogens with zero attached hydrogens (tertiary/aromatic N) is 2. The smallest absolute Gasteiger partial charge is 0.215 e. The molecule has 0 aliphatic rings. The standard InChI is InChI=1S/C11H9BrN2O2/c1-8(6-13)11(7-14(15)16)9-2-4-10(12)5-3-9/h2-5,11H,1,7H2. The molecule has 0 heterocycles. The SMILES string of the molecule is C=C(C#N)C(C[N+](=O)[O-])c1ccc(Br)cc1. The van der Waals surface area contributed by atoms with E-state index in [1.807, 2.05) is 6.07 Å². The summed E-state index contributed by atoms with van der Waals surface area (Å²) in [4.78, 5) is 10.1. The Morgan fingerprint density at radius 2 is 2.12 bits per heavy atom. The summed E-state index contributed by atoms with van der Waals surface area (Å²) in [5, 5.41) is 19.3. The summed E-state index contributed by atoms with van der Waals surface area (Å²) in [7, 11) is 0. The van der Waals surface area contributed by atoms with Gasteiger partial charge in [0.1, 0.15) is 0 Å². The van der Waals surface area contributed by atoms with Gasteiger partial charge in [0.2, 0.25) is 6.54 Å². The Morgan fingerprint density at radius 3 is 2.56 bits per heavy atom. The van der Waals surface area contributed by atoms with Crippen molar-refractivity contribution in [1.82, 2.24) is 0 Å². The van der Waals surface area contributed by atoms with Crippen molar-refractivity contribution in [3.05, 3.63) is 56.6 Å². The molecule has 0 N–H and O–H groups in total. The van der Waals surface area contributed by atoms with E-state index in [-0.39, 0.29) is 12.1 Å². The molecule has 4 nitrogen and oxygen atoms in total. The van der Waals surface area contributed by atoms with Crippen LogP contribution in [0.4, 0.5) is 0 Å². The van der Waals surface area contributed by atoms with Gasteiger partial charge in [-0.2, -0.15) is 5.26 Å². The van der Waals surface area contributed by atoms with Crippen molar-refractivity contribution >= 4 is 15.9 Å². The zero-order valence-electron chi connectivity index (χ0n) is 8.39. The van der Waals surface area contributed by atoms with Gasteiger partial charge in [-0.05, 0) is 17.7 Å². The first-order chi connectivity index (χ1) is 7.54. The first kappa shape index (κ1) is 12.4. The average Bonchev–Trinajstić information content (AvgIpc) is 2.26. The highest BCUT2D eigenvalue weighted by atomic mass is 79.9. The number of rotatable bonds is 4. The molecule has 0 aliphatic heterocycles. The summed E-state index contributed by atoms with van der Waals surface area (Å²) >= 11 is 3.28. The average molecular weight is 281 g/mol. The molecule has 1 aromatic rings. The van der Waals surface area contributed by atoms with Crippen molar-refractivity contribution in [3.63, 3.8) is 0 Å². The van der Waals surface area contributed by atoms with Crippen molar-refractivity contribution in [2.24, 2.45) is 0 Å². The summed E-state index contributed by atoms with van der Waals surface area (Å²) in [6.45, 7) is 3.24. The fraction of sp³-hybridized carbons (Fsp3) is 0.182. The maximum absolute atomic E-state index is 10.5. The summed E-state index contributed by atoms with van der Waals surface area (Å²) < 4.78 is 0.888. The molecule has 0 fully saturated rings. The van der Waals surface area contributed by atoms with E-state index >= 15 is 0 Å². The topological polar surface area (TPSA) is 66.9 Å². The number of nitriles is 1. The molecule has 0 saturated heterocycles. The van der Waals surface area contributed by atoms with E-state index < -0.39 is 10.8 Å². The van der Waals surface area contributed by atoms with Gasteiger partial charge in [-0.3, -0.25) is 10.1 Å². The fourth-order valence-corrected chi connectivity index (χ4v) is 1.60. The largest absolute Gasteiger partial charge is 0.265 e. The van der Waals surface area contributed by atoms with Crippen LogP contribution in [0, 0.1) is 21.4 Å². The maximum Gasteiger partial charge on any atom is 0.215 e. The molecule has 0 spiro atoms. The third kappa shape index (κ3) is 3.17. The van der Waals surface area contributed by atoms with Crippen LogP contribution in [0.3, 0.4) is 0 Å². The molecule has 5 heteroatoms. The van der Waals surface area contributed by atoms with Crippen molar-refractivity contribution in [3.8, 4) is 6.07 Å². The van der Waals surface area contributed by atoms with Crippen LogP contribution in [0.25, 0.3) is 0 Å². The van der Waals surface area contributed by atoms with Crippen LogP contribution in [0.1, 0.15) is 11.5 Å². The maximum atomic E-state index is 10.5. The minimum atomic E-state index is -0.548. The predicted octanol–water partition coefficient (Wildman–Crippen LogP) is 2.89. The molecule has 1 atom stereocenters. The third-order valence-electron chi connectivity index (χ3n) is 2.17. The number of nitro groups is 1. The summed E-state index contributed by atoms with van der Waals surface area (Å²) in [5.41, 5.74) is 0.936. The van der Waals surface area contributed by atoms with E-state index in [0.29, 0.717) is 0 Å². The second-order valence-corrected chi connectivity index (χ2v) is 4.17. The van der Waals surface area contributed by atoms with Crippen LogP contribution >= 0.6 is 15.9 Å². The van der Waals surface area contributed by atoms with E-state index in [1.165, 1.54) is 0 Å². The molecule has 1 rings (SSSR count). The van der Waals surface area contributed by atoms with Gasteiger partial charge in [0.05, 0.1) is 12.0 Å². The molecule has 0 aliphatic carbocycles. The lowest BCUT2D eigenvalue weighted by molar-refractivity contribution is -0.481. The number of halogens is 1. The zero-order valence-corrected chi connectivity index (χ0v) is 9.98. The van der Waals surface area contributed by atoms with Gasteiger partial charge < -0.3 is 0 Å². The Labute approximate surface area is 101 Å². The lowest BCUT2D eigenvalue weighted by Crippen LogP contribution is -2.13. The normalized spacial score (nSPS) is 11.5. The van der Waals surface area contributed by atoms with Crippen molar-refractivity contribution in [2.75, 3.05) is 6.54 Å². The van der Waals surface area contributed by atoms with E-state index in [9.17, 15) is 10.1 Å². The van der Waals surface area contributed by atoms with E-state index in [2.05, 4.69) is 22.5 Å². The van der Waals surface area contributed by atoms with Crippen LogP contribution in [0.2, 0.25) is 0 Å². The molecule has 0 bridgehead atoms. The molecule has 0 saturated carbocycles. The molecule has 1 unspecified atom stereocenters. The molecular formula is C11H9BrN2O2. The molecule has 1 aromatic carbocycles. The van der Waals surface area contributed by atoms with Crippen molar-refractivity contribution in [1.29, 1.82) is 5.26 Å². The highest BCUT2D eigenvalue weighted by molar-refractivity contribution is 9.10. The molecule has 0 aromatic heterocycles. The Kier molecular flexibility index (Phi) is 4.20. The highest BCUT2D eigenvalue weighted by Crippen LogP contribution is 2.24. The number of hydrogen-bond donors (Lipinski definition) is 0. The van der Waals surface area contributed by atoms with Gasteiger partial charge in [-0.25, -0.2) is 0 Å². The van der Waals surface area contributed by atoms with Crippen LogP contribution in [-0.4, -0.2) is 11.5 Å². The lowest BCUT2D eigenvalue weighted by Gasteiger charge is -2.11. The van der Waals surface area contributed by atoms with E-state index in [4.69, 9.17) is 5.26 Å². The number of hydrogen-bond acceptors (Lipinski definition) is 3. The minimum absolute atomic E-state index is 0.207. The summed E-state index contributed by atoms with van der Waals surface area (Å²) in [6, 6.07) is 8.94. The number of benzene rings is 1. The second kappa shape index (κ2) is 5.42. The monoisotopic (exact) mass is 280 g/mol. The van der Waals surface area contributed by atoms with Gasteiger partial charge in [-0.15, -0.1) is 0 Å². The molecule has 16 heavy (non-hydrogen) atoms. The third-order valence-corrected chi connectivity index (χ3v) is 2.70. The molecule has 0 amide bonds. The Bertz CT molecular complexity index is 448. The Balaban J connectivity index is 3.01. The Morgan fingerprint density at radius 1 is 1.56 bits per heavy atom. The quantitative estimate of drug-likeness (QED) is 0.484. The van der Waals surface area contributed by atoms with Gasteiger partial charge in [0.15, 0.2) is 0 Å². The Hall–Kier alpha value is -1.67. The second-order valence-electron chi connectivity index (χ2n) is 3.26. The highest BCUT2D eigenvalue weighted by Gasteiger charge is 2.20. The van der Waals surface area contributed by atoms with Gasteiger partial charge in [0.25, 0.3) is 0 Å². The first-order valence-electron chi connectivity index (χ1n) is 4.50. The van der Waals surface area contributed by atoms with Crippen molar-refractivity contribution in [2.45, 2.75) is 5.92 Å². The van der Waals surface area contributed by atoms with E-state index in [0.717, 1.165) is 10.0 Å². The lowest BCUT2D eigenvalue weighted by atomic mass is 9.93. The van der Waals surface area contributed by atoms with E-state index in [1.54, 1.807) is 24.3 Å². The van der Waals surface area contributed by atoms with Gasteiger partial charge >= 0.3 is 0 Å². The van der Waals surface area contributed by atoms with Crippen LogP contribution in [0.15, 0.2) is 40.9 Å². The summed E-state index contributed by atoms with van der Waals surface area (Å²) in [5.74, 6) is -0.548. The predicted molar refractivity (Wildman–Crippen MR) is 63.5 cm³/mol. The van der Waals surface area contributed by atoms with Gasteiger partial charge in [-0.1, -0.05) is 34.6 Å². The molecule has 82 valence electrons.